The highest BCUT2D eigenvalue weighted by Crippen LogP contribution is 2.26. The third-order valence-corrected chi connectivity index (χ3v) is 4.51. The molecule has 0 fully saturated rings. The molecule has 0 aliphatic rings. The quantitative estimate of drug-likeness (QED) is 0.759. The minimum Gasteiger partial charge on any atom is -0.480 e. The summed E-state index contributed by atoms with van der Waals surface area (Å²) in [6, 6.07) is 6.38. The van der Waals surface area contributed by atoms with E-state index in [1.807, 2.05) is 25.1 Å². The van der Waals surface area contributed by atoms with Gasteiger partial charge in [-0.2, -0.15) is 0 Å². The minimum atomic E-state index is -1.00. The standard InChI is InChI=1S/C14H18ClNO3S/c1-3-9(2)13(14(18)19)16-12(17)8-20-11-7-5-4-6-10(11)15/h4-7,9,13H,3,8H2,1-2H3,(H,16,17)(H,18,19). The van der Waals surface area contributed by atoms with Crippen LogP contribution in [0.1, 0.15) is 20.3 Å². The number of hydrogen-bond donors (Lipinski definition) is 2. The molecule has 0 spiro atoms. The maximum absolute atomic E-state index is 11.8. The molecule has 1 aromatic carbocycles. The Morgan fingerprint density at radius 3 is 2.60 bits per heavy atom. The topological polar surface area (TPSA) is 66.4 Å². The molecule has 1 aromatic rings. The summed E-state index contributed by atoms with van der Waals surface area (Å²) in [7, 11) is 0. The number of thioether (sulfide) groups is 1. The Morgan fingerprint density at radius 2 is 2.05 bits per heavy atom. The highest BCUT2D eigenvalue weighted by molar-refractivity contribution is 8.00. The fraction of sp³-hybridized carbons (Fsp3) is 0.429. The zero-order valence-electron chi connectivity index (χ0n) is 11.4. The van der Waals surface area contributed by atoms with Gasteiger partial charge in [0.05, 0.1) is 10.8 Å². The van der Waals surface area contributed by atoms with Gasteiger partial charge < -0.3 is 10.4 Å². The number of carboxylic acid groups (broad SMARTS) is 1. The molecule has 20 heavy (non-hydrogen) atoms. The molecular weight excluding hydrogens is 298 g/mol. The van der Waals surface area contributed by atoms with Gasteiger partial charge in [-0.25, -0.2) is 4.79 Å². The highest BCUT2D eigenvalue weighted by Gasteiger charge is 2.25. The molecule has 1 rings (SSSR count). The van der Waals surface area contributed by atoms with Crippen molar-refractivity contribution in [1.82, 2.24) is 5.32 Å². The van der Waals surface area contributed by atoms with Crippen LogP contribution in [0, 0.1) is 5.92 Å². The van der Waals surface area contributed by atoms with E-state index in [0.717, 1.165) is 4.90 Å². The first-order chi connectivity index (χ1) is 9.45. The molecule has 6 heteroatoms. The molecule has 0 saturated carbocycles. The first-order valence-corrected chi connectivity index (χ1v) is 7.71. The number of aliphatic carboxylic acids is 1. The summed E-state index contributed by atoms with van der Waals surface area (Å²) in [6.07, 6.45) is 0.689. The van der Waals surface area contributed by atoms with E-state index >= 15 is 0 Å². The van der Waals surface area contributed by atoms with Crippen LogP contribution in [-0.4, -0.2) is 28.8 Å². The SMILES string of the molecule is CCC(C)C(NC(=O)CSc1ccccc1Cl)C(=O)O. The molecule has 2 N–H and O–H groups in total. The van der Waals surface area contributed by atoms with Crippen molar-refractivity contribution in [3.05, 3.63) is 29.3 Å². The second kappa shape index (κ2) is 8.17. The molecule has 1 amide bonds. The number of rotatable bonds is 7. The smallest absolute Gasteiger partial charge is 0.326 e. The summed E-state index contributed by atoms with van der Waals surface area (Å²) >= 11 is 7.28. The van der Waals surface area contributed by atoms with Gasteiger partial charge in [-0.1, -0.05) is 44.0 Å². The Hall–Kier alpha value is -1.20. The van der Waals surface area contributed by atoms with Crippen LogP contribution in [0.25, 0.3) is 0 Å². The van der Waals surface area contributed by atoms with Gasteiger partial charge in [-0.15, -0.1) is 11.8 Å². The Morgan fingerprint density at radius 1 is 1.40 bits per heavy atom. The van der Waals surface area contributed by atoms with E-state index in [4.69, 9.17) is 16.7 Å². The summed E-state index contributed by atoms with van der Waals surface area (Å²) in [5, 5.41) is 12.3. The Balaban J connectivity index is 2.55. The predicted octanol–water partition coefficient (Wildman–Crippen LogP) is 3.05. The van der Waals surface area contributed by atoms with Gasteiger partial charge in [0.25, 0.3) is 0 Å². The number of benzene rings is 1. The van der Waals surface area contributed by atoms with Crippen molar-refractivity contribution in [2.24, 2.45) is 5.92 Å². The Bertz CT molecular complexity index is 481. The van der Waals surface area contributed by atoms with Gasteiger partial charge in [0.15, 0.2) is 0 Å². The molecule has 0 aliphatic heterocycles. The average Bonchev–Trinajstić information content (AvgIpc) is 2.42. The molecule has 0 heterocycles. The van der Waals surface area contributed by atoms with Crippen LogP contribution in [0.15, 0.2) is 29.2 Å². The molecular formula is C14H18ClNO3S. The van der Waals surface area contributed by atoms with Crippen molar-refractivity contribution in [3.8, 4) is 0 Å². The summed E-state index contributed by atoms with van der Waals surface area (Å²) in [5.74, 6) is -1.27. The number of carbonyl (C=O) groups is 2. The van der Waals surface area contributed by atoms with Gasteiger partial charge in [0.2, 0.25) is 5.91 Å². The molecule has 0 saturated heterocycles. The molecule has 0 aromatic heterocycles. The number of amides is 1. The minimum absolute atomic E-state index is 0.109. The van der Waals surface area contributed by atoms with Crippen LogP contribution in [-0.2, 0) is 9.59 Å². The van der Waals surface area contributed by atoms with E-state index in [9.17, 15) is 9.59 Å². The first kappa shape index (κ1) is 16.9. The van der Waals surface area contributed by atoms with Gasteiger partial charge in [-0.05, 0) is 18.1 Å². The van der Waals surface area contributed by atoms with E-state index in [0.29, 0.717) is 11.4 Å². The Kier molecular flexibility index (Phi) is 6.88. The molecule has 0 aliphatic carbocycles. The molecule has 2 atom stereocenters. The van der Waals surface area contributed by atoms with Gasteiger partial charge >= 0.3 is 5.97 Å². The number of nitrogens with one attached hydrogen (secondary N) is 1. The van der Waals surface area contributed by atoms with Gasteiger partial charge in [0, 0.05) is 4.90 Å². The summed E-state index contributed by atoms with van der Waals surface area (Å²) in [6.45, 7) is 3.70. The third kappa shape index (κ3) is 5.06. The van der Waals surface area contributed by atoms with E-state index < -0.39 is 12.0 Å². The lowest BCUT2D eigenvalue weighted by molar-refractivity contribution is -0.143. The zero-order valence-corrected chi connectivity index (χ0v) is 13.0. The van der Waals surface area contributed by atoms with Crippen molar-refractivity contribution >= 4 is 35.2 Å². The van der Waals surface area contributed by atoms with Gasteiger partial charge in [-0.3, -0.25) is 4.79 Å². The first-order valence-electron chi connectivity index (χ1n) is 6.35. The number of carboxylic acids is 1. The number of carbonyl (C=O) groups excluding carboxylic acids is 1. The maximum atomic E-state index is 11.8. The maximum Gasteiger partial charge on any atom is 0.326 e. The number of hydrogen-bond acceptors (Lipinski definition) is 3. The van der Waals surface area contributed by atoms with E-state index in [1.54, 1.807) is 13.0 Å². The van der Waals surface area contributed by atoms with E-state index in [2.05, 4.69) is 5.32 Å². The fourth-order valence-corrected chi connectivity index (χ4v) is 2.65. The van der Waals surface area contributed by atoms with Crippen LogP contribution < -0.4 is 5.32 Å². The second-order valence-electron chi connectivity index (χ2n) is 4.49. The summed E-state index contributed by atoms with van der Waals surface area (Å²) < 4.78 is 0. The molecule has 0 radical (unpaired) electrons. The lowest BCUT2D eigenvalue weighted by atomic mass is 9.99. The number of halogens is 1. The van der Waals surface area contributed by atoms with Crippen molar-refractivity contribution in [2.75, 3.05) is 5.75 Å². The van der Waals surface area contributed by atoms with Crippen LogP contribution in [0.3, 0.4) is 0 Å². The normalized spacial score (nSPS) is 13.6. The van der Waals surface area contributed by atoms with Crippen LogP contribution >= 0.6 is 23.4 Å². The van der Waals surface area contributed by atoms with E-state index in [1.165, 1.54) is 11.8 Å². The monoisotopic (exact) mass is 315 g/mol. The molecule has 110 valence electrons. The second-order valence-corrected chi connectivity index (χ2v) is 5.91. The van der Waals surface area contributed by atoms with Crippen LogP contribution in [0.5, 0.6) is 0 Å². The van der Waals surface area contributed by atoms with Crippen molar-refractivity contribution in [1.29, 1.82) is 0 Å². The largest absolute Gasteiger partial charge is 0.480 e. The van der Waals surface area contributed by atoms with Crippen molar-refractivity contribution in [2.45, 2.75) is 31.2 Å². The van der Waals surface area contributed by atoms with Crippen molar-refractivity contribution < 1.29 is 14.7 Å². The van der Waals surface area contributed by atoms with Crippen molar-refractivity contribution in [3.63, 3.8) is 0 Å². The lowest BCUT2D eigenvalue weighted by Crippen LogP contribution is -2.45. The average molecular weight is 316 g/mol. The molecule has 2 unspecified atom stereocenters. The third-order valence-electron chi connectivity index (χ3n) is 2.99. The van der Waals surface area contributed by atoms with Crippen LogP contribution in [0.4, 0.5) is 0 Å². The molecule has 4 nitrogen and oxygen atoms in total. The highest BCUT2D eigenvalue weighted by atomic mass is 35.5. The van der Waals surface area contributed by atoms with E-state index in [-0.39, 0.29) is 17.6 Å². The predicted molar refractivity (Wildman–Crippen MR) is 81.2 cm³/mol. The van der Waals surface area contributed by atoms with Gasteiger partial charge in [0.1, 0.15) is 6.04 Å². The molecule has 0 bridgehead atoms. The fourth-order valence-electron chi connectivity index (χ4n) is 1.60. The Labute approximate surface area is 127 Å². The lowest BCUT2D eigenvalue weighted by Gasteiger charge is -2.20. The van der Waals surface area contributed by atoms with Crippen LogP contribution in [0.2, 0.25) is 5.02 Å². The zero-order chi connectivity index (χ0) is 15.1. The summed E-state index contributed by atoms with van der Waals surface area (Å²) in [4.78, 5) is 23.8. The summed E-state index contributed by atoms with van der Waals surface area (Å²) in [5.41, 5.74) is 0.